The van der Waals surface area contributed by atoms with Crippen LogP contribution in [-0.4, -0.2) is 40.2 Å². The van der Waals surface area contributed by atoms with E-state index in [2.05, 4.69) is 121 Å². The van der Waals surface area contributed by atoms with Gasteiger partial charge in [0, 0.05) is 0 Å². The summed E-state index contributed by atoms with van der Waals surface area (Å²) in [5.74, 6) is 0. The summed E-state index contributed by atoms with van der Waals surface area (Å²) >= 11 is 0. The quantitative estimate of drug-likeness (QED) is 0.102. The highest BCUT2D eigenvalue weighted by Gasteiger charge is 2.58. The Labute approximate surface area is 327 Å². The summed E-state index contributed by atoms with van der Waals surface area (Å²) in [4.78, 5) is 0. The molecule has 53 heavy (non-hydrogen) atoms. The van der Waals surface area contributed by atoms with Crippen molar-refractivity contribution in [1.82, 2.24) is 0 Å². The number of hydrogen-bond acceptors (Lipinski definition) is 4. The summed E-state index contributed by atoms with van der Waals surface area (Å²) in [6.45, 7) is 29.1. The highest BCUT2D eigenvalue weighted by atomic mass is 16.3. The number of benzene rings is 2. The van der Waals surface area contributed by atoms with Gasteiger partial charge in [0.05, 0.1) is 25.2 Å². The normalized spacial score (nSPS) is 13.6. The molecule has 2 rings (SSSR count). The van der Waals surface area contributed by atoms with Gasteiger partial charge in [0.1, 0.15) is 5.60 Å². The van der Waals surface area contributed by atoms with Crippen molar-refractivity contribution in [3.63, 3.8) is 0 Å². The predicted molar refractivity (Wildman–Crippen MR) is 229 cm³/mol. The molecule has 0 saturated heterocycles. The third-order valence-corrected chi connectivity index (χ3v) is 11.7. The predicted octanol–water partition coefficient (Wildman–Crippen LogP) is 11.9. The monoisotopic (exact) mass is 737 g/mol. The zero-order chi connectivity index (χ0) is 40.5. The van der Waals surface area contributed by atoms with Gasteiger partial charge in [0.2, 0.25) is 0 Å². The van der Waals surface area contributed by atoms with Crippen LogP contribution in [0.25, 0.3) is 0 Å². The molecule has 0 radical (unpaired) electrons. The first-order valence-corrected chi connectivity index (χ1v) is 21.4. The Hall–Kier alpha value is -1.72. The molecule has 0 aliphatic carbocycles. The molecule has 0 aromatic heterocycles. The molecule has 4 N–H and O–H groups in total. The number of hydrogen-bond donors (Lipinski definition) is 4. The molecule has 0 amide bonds. The third kappa shape index (κ3) is 11.7. The first-order valence-electron chi connectivity index (χ1n) is 21.4. The van der Waals surface area contributed by atoms with E-state index in [4.69, 9.17) is 0 Å². The topological polar surface area (TPSA) is 80.9 Å². The number of aliphatic hydroxyl groups excluding tert-OH is 3. The Morgan fingerprint density at radius 3 is 0.868 bits per heavy atom. The van der Waals surface area contributed by atoms with Gasteiger partial charge in [-0.2, -0.15) is 0 Å². The second-order valence-corrected chi connectivity index (χ2v) is 20.6. The van der Waals surface area contributed by atoms with Crippen LogP contribution < -0.4 is 0 Å². The fourth-order valence-corrected chi connectivity index (χ4v) is 8.21. The van der Waals surface area contributed by atoms with Gasteiger partial charge >= 0.3 is 0 Å². The van der Waals surface area contributed by atoms with E-state index >= 15 is 0 Å². The summed E-state index contributed by atoms with van der Waals surface area (Å²) < 4.78 is 0. The first-order chi connectivity index (χ1) is 24.5. The Balaban J connectivity index is 3.20. The van der Waals surface area contributed by atoms with Crippen molar-refractivity contribution in [3.8, 4) is 0 Å². The van der Waals surface area contributed by atoms with Crippen molar-refractivity contribution < 1.29 is 20.4 Å². The van der Waals surface area contributed by atoms with Gasteiger partial charge in [0.15, 0.2) is 0 Å². The smallest absolute Gasteiger partial charge is 0.128 e. The van der Waals surface area contributed by atoms with Crippen LogP contribution >= 0.6 is 0 Å². The standard InChI is InChI=1S/C49H84O4/c1-15-17-19-21-23-25-27-36-29-38(44(3,4)5)42(39(30-36)45(6,7)8)49(53,48(33-50,34-51)35-52)43-40(46(9,10)11)31-37(32-41(43)47(12,13)14)28-26-24-22-20-18-16-2/h29-32,50-53H,15-28,33-35H2,1-14H3. The maximum absolute atomic E-state index is 14.3. The highest BCUT2D eigenvalue weighted by molar-refractivity contribution is 5.60. The van der Waals surface area contributed by atoms with Crippen LogP contribution in [0.3, 0.4) is 0 Å². The minimum absolute atomic E-state index is 0.395. The number of aryl methyl sites for hydroxylation is 2. The van der Waals surface area contributed by atoms with E-state index in [1.165, 1.54) is 75.3 Å². The fraction of sp³-hybridized carbons (Fsp3) is 0.755. The lowest BCUT2D eigenvalue weighted by Crippen LogP contribution is -2.57. The van der Waals surface area contributed by atoms with Crippen molar-refractivity contribution in [2.24, 2.45) is 5.41 Å². The molecule has 0 spiro atoms. The zero-order valence-electron chi connectivity index (χ0n) is 37.1. The van der Waals surface area contributed by atoms with Crippen molar-refractivity contribution in [2.75, 3.05) is 19.8 Å². The largest absolute Gasteiger partial charge is 0.395 e. The Kier molecular flexibility index (Phi) is 17.4. The third-order valence-electron chi connectivity index (χ3n) is 11.7. The average Bonchev–Trinajstić information content (AvgIpc) is 3.06. The molecule has 0 saturated carbocycles. The SMILES string of the molecule is CCCCCCCCc1cc(C(C)(C)C)c(C(O)(c2c(C(C)(C)C)cc(CCCCCCCC)cc2C(C)(C)C)C(CO)(CO)CO)c(C(C)(C)C)c1. The van der Waals surface area contributed by atoms with Crippen molar-refractivity contribution in [3.05, 3.63) is 68.8 Å². The average molecular weight is 737 g/mol. The van der Waals surface area contributed by atoms with Crippen molar-refractivity contribution in [1.29, 1.82) is 0 Å². The van der Waals surface area contributed by atoms with Crippen LogP contribution in [0.4, 0.5) is 0 Å². The molecular weight excluding hydrogens is 653 g/mol. The fourth-order valence-electron chi connectivity index (χ4n) is 8.21. The maximum Gasteiger partial charge on any atom is 0.128 e. The van der Waals surface area contributed by atoms with E-state index in [-0.39, 0.29) is 0 Å². The molecule has 4 heteroatoms. The molecule has 0 heterocycles. The zero-order valence-corrected chi connectivity index (χ0v) is 37.1. The molecule has 0 aliphatic rings. The van der Waals surface area contributed by atoms with E-state index in [0.29, 0.717) is 0 Å². The van der Waals surface area contributed by atoms with E-state index in [9.17, 15) is 20.4 Å². The van der Waals surface area contributed by atoms with E-state index < -0.39 is 52.5 Å². The maximum atomic E-state index is 14.3. The molecule has 304 valence electrons. The molecule has 2 aromatic rings. The molecule has 4 nitrogen and oxygen atoms in total. The summed E-state index contributed by atoms with van der Waals surface area (Å²) in [7, 11) is 0. The molecule has 0 aliphatic heterocycles. The van der Waals surface area contributed by atoms with Gasteiger partial charge in [-0.1, -0.05) is 185 Å². The minimum atomic E-state index is -1.95. The molecular formula is C49H84O4. The molecule has 0 unspecified atom stereocenters. The van der Waals surface area contributed by atoms with Gasteiger partial charge in [-0.25, -0.2) is 0 Å². The summed E-state index contributed by atoms with van der Waals surface area (Å²) in [5.41, 5.74) is 2.76. The lowest BCUT2D eigenvalue weighted by molar-refractivity contribution is -0.138. The first kappa shape index (κ1) is 47.4. The van der Waals surface area contributed by atoms with Gasteiger partial charge in [0.25, 0.3) is 0 Å². The Morgan fingerprint density at radius 2 is 0.642 bits per heavy atom. The summed E-state index contributed by atoms with van der Waals surface area (Å²) in [6.07, 6.45) is 16.6. The van der Waals surface area contributed by atoms with Crippen LogP contribution in [0.5, 0.6) is 0 Å². The summed E-state index contributed by atoms with van der Waals surface area (Å²) in [6, 6.07) is 9.16. The van der Waals surface area contributed by atoms with Crippen LogP contribution in [-0.2, 0) is 40.1 Å². The van der Waals surface area contributed by atoms with Crippen LogP contribution in [0.1, 0.15) is 218 Å². The molecule has 0 atom stereocenters. The van der Waals surface area contributed by atoms with Crippen LogP contribution in [0.15, 0.2) is 24.3 Å². The van der Waals surface area contributed by atoms with E-state index in [1.54, 1.807) is 0 Å². The van der Waals surface area contributed by atoms with Crippen molar-refractivity contribution >= 4 is 0 Å². The van der Waals surface area contributed by atoms with Gasteiger partial charge in [-0.3, -0.25) is 0 Å². The molecule has 0 fully saturated rings. The summed E-state index contributed by atoms with van der Waals surface area (Å²) in [5, 5.41) is 48.7. The van der Waals surface area contributed by atoms with E-state index in [1.807, 2.05) is 0 Å². The van der Waals surface area contributed by atoms with Crippen LogP contribution in [0, 0.1) is 5.41 Å². The van der Waals surface area contributed by atoms with Gasteiger partial charge in [-0.05, 0) is 91.9 Å². The molecule has 2 aromatic carbocycles. The lowest BCUT2D eigenvalue weighted by Gasteiger charge is -2.52. The van der Waals surface area contributed by atoms with Gasteiger partial charge in [-0.15, -0.1) is 0 Å². The van der Waals surface area contributed by atoms with Gasteiger partial charge < -0.3 is 20.4 Å². The Bertz CT molecular complexity index is 1230. The second kappa shape index (κ2) is 19.4. The second-order valence-electron chi connectivity index (χ2n) is 20.6. The van der Waals surface area contributed by atoms with Crippen LogP contribution in [0.2, 0.25) is 0 Å². The van der Waals surface area contributed by atoms with E-state index in [0.717, 1.165) is 59.1 Å². The number of aliphatic hydroxyl groups is 4. The Morgan fingerprint density at radius 1 is 0.396 bits per heavy atom. The lowest BCUT2D eigenvalue weighted by atomic mass is 9.56. The van der Waals surface area contributed by atoms with Crippen molar-refractivity contribution in [2.45, 2.75) is 214 Å². The highest BCUT2D eigenvalue weighted by Crippen LogP contribution is 2.56. The number of unbranched alkanes of at least 4 members (excludes halogenated alkanes) is 10. The number of rotatable bonds is 20. The molecule has 0 bridgehead atoms. The minimum Gasteiger partial charge on any atom is -0.395 e.